The Morgan fingerprint density at radius 1 is 1.00 bits per heavy atom. The minimum absolute atomic E-state index is 0.297. The highest BCUT2D eigenvalue weighted by atomic mass is 32.1. The Morgan fingerprint density at radius 3 is 2.24 bits per heavy atom. The van der Waals surface area contributed by atoms with Crippen LogP contribution in [0.25, 0.3) is 0 Å². The molecule has 0 spiro atoms. The highest BCUT2D eigenvalue weighted by Gasteiger charge is 2.03. The van der Waals surface area contributed by atoms with Crippen LogP contribution in [0.15, 0.2) is 54.6 Å². The first-order chi connectivity index (χ1) is 8.25. The van der Waals surface area contributed by atoms with E-state index in [-0.39, 0.29) is 0 Å². The zero-order valence-electron chi connectivity index (χ0n) is 9.93. The van der Waals surface area contributed by atoms with Gasteiger partial charge in [-0.15, -0.1) is 0 Å². The van der Waals surface area contributed by atoms with Gasteiger partial charge in [-0.3, -0.25) is 0 Å². The third-order valence-electron chi connectivity index (χ3n) is 2.73. The summed E-state index contributed by atoms with van der Waals surface area (Å²) in [6, 6.07) is 18.8. The normalized spacial score (nSPS) is 10.0. The summed E-state index contributed by atoms with van der Waals surface area (Å²) in [6.45, 7) is 2.94. The Labute approximate surface area is 109 Å². The number of anilines is 1. The number of benzene rings is 2. The maximum Gasteiger partial charge on any atom is 0.234 e. The molecule has 0 aliphatic heterocycles. The van der Waals surface area contributed by atoms with Gasteiger partial charge in [0.1, 0.15) is 0 Å². The lowest BCUT2D eigenvalue weighted by Gasteiger charge is -2.07. The molecule has 2 rings (SSSR count). The van der Waals surface area contributed by atoms with Crippen LogP contribution in [0.1, 0.15) is 5.56 Å². The molecule has 1 nitrogen and oxygen atoms in total. The van der Waals surface area contributed by atoms with E-state index in [0.717, 1.165) is 12.2 Å². The lowest BCUT2D eigenvalue weighted by Crippen LogP contribution is -2.19. The van der Waals surface area contributed by atoms with Gasteiger partial charge in [0, 0.05) is 12.2 Å². The molecule has 2 aromatic rings. The van der Waals surface area contributed by atoms with E-state index < -0.39 is 0 Å². The number of hydrogen-bond acceptors (Lipinski definition) is 2. The fraction of sp³-hybridized carbons (Fsp3) is 0.143. The third kappa shape index (κ3) is 3.57. The maximum atomic E-state index is 4.42. The predicted molar refractivity (Wildman–Crippen MR) is 80.4 cm³/mol. The van der Waals surface area contributed by atoms with Crippen molar-refractivity contribution in [2.75, 3.05) is 5.32 Å². The molecule has 0 saturated heterocycles. The molecule has 3 heteroatoms. The summed E-state index contributed by atoms with van der Waals surface area (Å²) in [5, 5.41) is 3.39. The fourth-order valence-electron chi connectivity index (χ4n) is 1.67. The van der Waals surface area contributed by atoms with Gasteiger partial charge in [0.25, 0.3) is 0 Å². The van der Waals surface area contributed by atoms with E-state index in [9.17, 15) is 0 Å². The molecule has 1 N–H and O–H groups in total. The summed E-state index contributed by atoms with van der Waals surface area (Å²) < 4.78 is 0. The third-order valence-corrected chi connectivity index (χ3v) is 3.03. The minimum Gasteiger partial charge on any atom is -0.381 e. The summed E-state index contributed by atoms with van der Waals surface area (Å²) in [6.07, 6.45) is 0. The van der Waals surface area contributed by atoms with Crippen molar-refractivity contribution >= 4 is 29.6 Å². The lowest BCUT2D eigenvalue weighted by molar-refractivity contribution is 1.15. The molecule has 17 heavy (non-hydrogen) atoms. The second-order valence-electron chi connectivity index (χ2n) is 4.14. The largest absolute Gasteiger partial charge is 0.381 e. The molecule has 0 heterocycles. The molecule has 0 amide bonds. The van der Waals surface area contributed by atoms with E-state index in [4.69, 9.17) is 0 Å². The van der Waals surface area contributed by atoms with E-state index in [1.165, 1.54) is 11.0 Å². The SMILES string of the molecule is CB(S)c1ccc(CNc2ccccc2)cc1. The molecule has 2 aromatic carbocycles. The predicted octanol–water partition coefficient (Wildman–Crippen LogP) is 3.06. The standard InChI is InChI=1S/C14H16BNS/c1-15(17)13-9-7-12(8-10-13)11-16-14-5-3-2-4-6-14/h2-10,16-17H,11H2,1H3. The summed E-state index contributed by atoms with van der Waals surface area (Å²) in [5.74, 6) is 0.297. The van der Waals surface area contributed by atoms with Crippen LogP contribution >= 0.6 is 12.5 Å². The first-order valence-electron chi connectivity index (χ1n) is 5.81. The second kappa shape index (κ2) is 5.83. The first-order valence-corrected chi connectivity index (χ1v) is 6.33. The molecule has 0 bridgehead atoms. The summed E-state index contributed by atoms with van der Waals surface area (Å²) in [5.41, 5.74) is 3.70. The monoisotopic (exact) mass is 241 g/mol. The van der Waals surface area contributed by atoms with Gasteiger partial charge < -0.3 is 5.32 Å². The zero-order chi connectivity index (χ0) is 12.1. The Hall–Kier alpha value is -1.35. The van der Waals surface area contributed by atoms with Crippen LogP contribution in [-0.4, -0.2) is 5.99 Å². The first kappa shape index (κ1) is 12.1. The quantitative estimate of drug-likeness (QED) is 0.619. The molecule has 0 aromatic heterocycles. The van der Waals surface area contributed by atoms with Crippen molar-refractivity contribution in [1.29, 1.82) is 0 Å². The number of rotatable bonds is 4. The molecule has 0 aliphatic carbocycles. The second-order valence-corrected chi connectivity index (χ2v) is 4.91. The topological polar surface area (TPSA) is 12.0 Å². The summed E-state index contributed by atoms with van der Waals surface area (Å²) in [7, 11) is 0. The van der Waals surface area contributed by atoms with Crippen LogP contribution in [-0.2, 0) is 6.54 Å². The van der Waals surface area contributed by atoms with Gasteiger partial charge in [-0.1, -0.05) is 54.8 Å². The minimum atomic E-state index is 0.297. The number of hydrogen-bond donors (Lipinski definition) is 2. The smallest absolute Gasteiger partial charge is 0.234 e. The molecule has 0 radical (unpaired) electrons. The van der Waals surface area contributed by atoms with E-state index in [1.807, 2.05) is 18.2 Å². The summed E-state index contributed by atoms with van der Waals surface area (Å²) in [4.78, 5) is 0. The Morgan fingerprint density at radius 2 is 1.65 bits per heavy atom. The highest BCUT2D eigenvalue weighted by molar-refractivity contribution is 8.11. The molecule has 0 aliphatic rings. The number of nitrogens with one attached hydrogen (secondary N) is 1. The van der Waals surface area contributed by atoms with Gasteiger partial charge in [-0.2, -0.15) is 0 Å². The van der Waals surface area contributed by atoms with Crippen molar-refractivity contribution in [1.82, 2.24) is 0 Å². The number of thiol groups is 1. The van der Waals surface area contributed by atoms with Crippen molar-refractivity contribution in [2.24, 2.45) is 0 Å². The van der Waals surface area contributed by atoms with Gasteiger partial charge in [0.15, 0.2) is 0 Å². The Kier molecular flexibility index (Phi) is 4.15. The summed E-state index contributed by atoms with van der Waals surface area (Å²) >= 11 is 4.42. The van der Waals surface area contributed by atoms with E-state index >= 15 is 0 Å². The van der Waals surface area contributed by atoms with Crippen LogP contribution in [0.4, 0.5) is 5.69 Å². The molecule has 0 unspecified atom stereocenters. The van der Waals surface area contributed by atoms with Crippen molar-refractivity contribution in [3.63, 3.8) is 0 Å². The molecule has 0 fully saturated rings. The van der Waals surface area contributed by atoms with Gasteiger partial charge in [0.2, 0.25) is 5.99 Å². The van der Waals surface area contributed by atoms with E-state index in [2.05, 4.69) is 61.0 Å². The van der Waals surface area contributed by atoms with Gasteiger partial charge >= 0.3 is 0 Å². The van der Waals surface area contributed by atoms with E-state index in [0.29, 0.717) is 5.99 Å². The van der Waals surface area contributed by atoms with Crippen LogP contribution in [0.3, 0.4) is 0 Å². The fourth-order valence-corrected chi connectivity index (χ4v) is 1.85. The van der Waals surface area contributed by atoms with Crippen molar-refractivity contribution in [2.45, 2.75) is 13.4 Å². The lowest BCUT2D eigenvalue weighted by atomic mass is 9.71. The zero-order valence-corrected chi connectivity index (χ0v) is 10.8. The number of para-hydroxylation sites is 1. The van der Waals surface area contributed by atoms with Crippen LogP contribution in [0.2, 0.25) is 6.82 Å². The Balaban J connectivity index is 1.96. The Bertz CT molecular complexity index is 453. The van der Waals surface area contributed by atoms with Gasteiger partial charge in [0.05, 0.1) is 0 Å². The van der Waals surface area contributed by atoms with Crippen molar-refractivity contribution in [3.05, 3.63) is 60.2 Å². The molecular formula is C14H16BNS. The highest BCUT2D eigenvalue weighted by Crippen LogP contribution is 2.08. The maximum absolute atomic E-state index is 4.42. The van der Waals surface area contributed by atoms with Gasteiger partial charge in [-0.25, -0.2) is 12.5 Å². The van der Waals surface area contributed by atoms with Crippen LogP contribution < -0.4 is 10.8 Å². The average molecular weight is 241 g/mol. The molecule has 0 saturated carbocycles. The molecular weight excluding hydrogens is 225 g/mol. The van der Waals surface area contributed by atoms with E-state index in [1.54, 1.807) is 0 Å². The van der Waals surface area contributed by atoms with Crippen LogP contribution in [0, 0.1) is 0 Å². The molecule has 0 atom stereocenters. The van der Waals surface area contributed by atoms with Gasteiger partial charge in [-0.05, 0) is 17.7 Å². The average Bonchev–Trinajstić information content (AvgIpc) is 2.38. The van der Waals surface area contributed by atoms with Crippen LogP contribution in [0.5, 0.6) is 0 Å². The van der Waals surface area contributed by atoms with Crippen molar-refractivity contribution in [3.8, 4) is 0 Å². The van der Waals surface area contributed by atoms with Crippen molar-refractivity contribution < 1.29 is 0 Å². The molecule has 86 valence electrons.